The van der Waals surface area contributed by atoms with Gasteiger partial charge in [-0.1, -0.05) is 6.42 Å². The Balaban J connectivity index is 1.40. The Labute approximate surface area is 203 Å². The molecule has 0 aromatic rings. The third-order valence-corrected chi connectivity index (χ3v) is 9.14. The predicted octanol–water partition coefficient (Wildman–Crippen LogP) is 3.41. The zero-order valence-electron chi connectivity index (χ0n) is 19.7. The van der Waals surface area contributed by atoms with E-state index in [1.54, 1.807) is 0 Å². The normalized spacial score (nSPS) is 33.7. The second kappa shape index (κ2) is 8.93. The summed E-state index contributed by atoms with van der Waals surface area (Å²) in [7, 11) is -5.74. The highest BCUT2D eigenvalue weighted by molar-refractivity contribution is 7.86. The predicted molar refractivity (Wildman–Crippen MR) is 116 cm³/mol. The first kappa shape index (κ1) is 26.2. The molecule has 1 N–H and O–H groups in total. The van der Waals surface area contributed by atoms with E-state index in [2.05, 4.69) is 4.74 Å². The van der Waals surface area contributed by atoms with Crippen LogP contribution in [0.2, 0.25) is 0 Å². The lowest BCUT2D eigenvalue weighted by molar-refractivity contribution is -0.199. The smallest absolute Gasteiger partial charge is 0.402 e. The lowest BCUT2D eigenvalue weighted by Gasteiger charge is -2.59. The molecule has 0 aromatic carbocycles. The van der Waals surface area contributed by atoms with Crippen LogP contribution in [0.1, 0.15) is 77.6 Å². The van der Waals surface area contributed by atoms with Crippen LogP contribution in [0.4, 0.5) is 8.78 Å². The van der Waals surface area contributed by atoms with Gasteiger partial charge in [0.2, 0.25) is 0 Å². The molecule has 0 radical (unpaired) electrons. The van der Waals surface area contributed by atoms with E-state index in [4.69, 9.17) is 14.0 Å². The quantitative estimate of drug-likeness (QED) is 0.289. The molecule has 0 amide bonds. The molecule has 0 saturated heterocycles. The summed E-state index contributed by atoms with van der Waals surface area (Å²) in [6.45, 7) is -0.473. The third-order valence-electron chi connectivity index (χ3n) is 8.27. The van der Waals surface area contributed by atoms with Crippen LogP contribution < -0.4 is 0 Å². The van der Waals surface area contributed by atoms with Gasteiger partial charge in [0.25, 0.3) is 0 Å². The zero-order valence-corrected chi connectivity index (χ0v) is 20.5. The molecule has 9 nitrogen and oxygen atoms in total. The van der Waals surface area contributed by atoms with Gasteiger partial charge in [-0.3, -0.25) is 14.1 Å². The fraction of sp³-hybridized carbons (Fsp3) is 0.870. The molecule has 5 saturated carbocycles. The van der Waals surface area contributed by atoms with E-state index in [9.17, 15) is 31.6 Å². The molecule has 4 bridgehead atoms. The van der Waals surface area contributed by atoms with Crippen molar-refractivity contribution >= 4 is 28.0 Å². The summed E-state index contributed by atoms with van der Waals surface area (Å²) in [6, 6.07) is 0. The van der Waals surface area contributed by atoms with Gasteiger partial charge in [0.05, 0.1) is 10.8 Å². The highest BCUT2D eigenvalue weighted by Crippen LogP contribution is 2.66. The van der Waals surface area contributed by atoms with Crippen LogP contribution in [0, 0.1) is 22.7 Å². The minimum atomic E-state index is -5.74. The third kappa shape index (κ3) is 5.19. The van der Waals surface area contributed by atoms with Crippen molar-refractivity contribution in [1.29, 1.82) is 0 Å². The minimum Gasteiger partial charge on any atom is -0.458 e. The summed E-state index contributed by atoms with van der Waals surface area (Å²) in [4.78, 5) is 38.4. The molecule has 5 fully saturated rings. The van der Waals surface area contributed by atoms with Gasteiger partial charge < -0.3 is 14.2 Å². The number of halogens is 2. The highest BCUT2D eigenvalue weighted by atomic mass is 32.2. The first-order chi connectivity index (χ1) is 16.2. The Morgan fingerprint density at radius 1 is 0.943 bits per heavy atom. The van der Waals surface area contributed by atoms with E-state index < -0.39 is 62.9 Å². The standard InChI is InChI=1S/C23H32F2O9S/c1-20(5-3-2-4-6-20)34-17(26)12-32-18(27)21-8-15-7-16(9-21)11-22(10-15,13-21)19(28)33-14-23(24,25)35(29,30)31/h15-16H,2-14H2,1H3,(H,29,30,31). The molecule has 5 aliphatic rings. The average molecular weight is 523 g/mol. The van der Waals surface area contributed by atoms with Gasteiger partial charge in [-0.15, -0.1) is 0 Å². The molecule has 0 aliphatic heterocycles. The maximum atomic E-state index is 13.6. The number of hydrogen-bond donors (Lipinski definition) is 1. The summed E-state index contributed by atoms with van der Waals surface area (Å²) in [5, 5.41) is -4.63. The van der Waals surface area contributed by atoms with Crippen molar-refractivity contribution in [3.05, 3.63) is 0 Å². The van der Waals surface area contributed by atoms with Crippen molar-refractivity contribution in [1.82, 2.24) is 0 Å². The van der Waals surface area contributed by atoms with Crippen molar-refractivity contribution in [3.63, 3.8) is 0 Å². The van der Waals surface area contributed by atoms with Crippen LogP contribution in [-0.2, 0) is 38.7 Å². The first-order valence-electron chi connectivity index (χ1n) is 12.1. The van der Waals surface area contributed by atoms with Crippen LogP contribution in [0.25, 0.3) is 0 Å². The second-order valence-electron chi connectivity index (χ2n) is 11.3. The van der Waals surface area contributed by atoms with Crippen molar-refractivity contribution in [3.8, 4) is 0 Å². The van der Waals surface area contributed by atoms with Crippen LogP contribution in [0.3, 0.4) is 0 Å². The van der Waals surface area contributed by atoms with E-state index in [0.29, 0.717) is 25.7 Å². The Morgan fingerprint density at radius 2 is 1.46 bits per heavy atom. The van der Waals surface area contributed by atoms with Crippen LogP contribution in [0.5, 0.6) is 0 Å². The number of esters is 3. The maximum Gasteiger partial charge on any atom is 0.402 e. The van der Waals surface area contributed by atoms with E-state index in [0.717, 1.165) is 38.5 Å². The molecule has 198 valence electrons. The fourth-order valence-corrected chi connectivity index (χ4v) is 7.31. The Hall–Kier alpha value is -1.82. The van der Waals surface area contributed by atoms with Gasteiger partial charge in [0.15, 0.2) is 13.2 Å². The van der Waals surface area contributed by atoms with Crippen LogP contribution >= 0.6 is 0 Å². The lowest BCUT2D eigenvalue weighted by Crippen LogP contribution is -2.58. The summed E-state index contributed by atoms with van der Waals surface area (Å²) in [5.74, 6) is -2.29. The average Bonchev–Trinajstić information content (AvgIpc) is 2.74. The van der Waals surface area contributed by atoms with E-state index >= 15 is 0 Å². The fourth-order valence-electron chi connectivity index (χ4n) is 7.10. The number of ether oxygens (including phenoxy) is 3. The van der Waals surface area contributed by atoms with Gasteiger partial charge in [-0.25, -0.2) is 4.79 Å². The van der Waals surface area contributed by atoms with Crippen molar-refractivity contribution in [2.75, 3.05) is 13.2 Å². The van der Waals surface area contributed by atoms with Crippen molar-refractivity contribution < 1.29 is 50.3 Å². The Kier molecular flexibility index (Phi) is 6.70. The SMILES string of the molecule is CC1(OC(=O)COC(=O)C23CC4CC(C2)CC(C(=O)OCC(F)(F)S(=O)(=O)O)(C4)C3)CCCCC1. The van der Waals surface area contributed by atoms with Crippen LogP contribution in [-0.4, -0.2) is 54.9 Å². The van der Waals surface area contributed by atoms with Gasteiger partial charge in [-0.2, -0.15) is 17.2 Å². The van der Waals surface area contributed by atoms with Gasteiger partial charge >= 0.3 is 33.3 Å². The molecule has 0 spiro atoms. The molecule has 2 unspecified atom stereocenters. The minimum absolute atomic E-state index is 0.0217. The largest absolute Gasteiger partial charge is 0.458 e. The monoisotopic (exact) mass is 522 g/mol. The first-order valence-corrected chi connectivity index (χ1v) is 13.5. The maximum absolute atomic E-state index is 13.6. The molecule has 5 aliphatic carbocycles. The molecule has 0 aromatic heterocycles. The van der Waals surface area contributed by atoms with Crippen LogP contribution in [0.15, 0.2) is 0 Å². The molecule has 2 atom stereocenters. The van der Waals surface area contributed by atoms with Gasteiger partial charge in [0, 0.05) is 0 Å². The van der Waals surface area contributed by atoms with E-state index in [1.165, 1.54) is 0 Å². The van der Waals surface area contributed by atoms with Gasteiger partial charge in [-0.05, 0) is 83.0 Å². The molecule has 0 heterocycles. The van der Waals surface area contributed by atoms with Crippen molar-refractivity contribution in [2.24, 2.45) is 22.7 Å². The Morgan fingerprint density at radius 3 is 1.97 bits per heavy atom. The molecular formula is C23H32F2O9S. The van der Waals surface area contributed by atoms with Crippen molar-refractivity contribution in [2.45, 2.75) is 88.4 Å². The zero-order chi connectivity index (χ0) is 25.7. The lowest BCUT2D eigenvalue weighted by atomic mass is 9.44. The number of alkyl halides is 2. The van der Waals surface area contributed by atoms with E-state index in [1.807, 2.05) is 6.92 Å². The summed E-state index contributed by atoms with van der Waals surface area (Å²) in [6.07, 6.45) is 6.93. The molecule has 12 heteroatoms. The van der Waals surface area contributed by atoms with E-state index in [-0.39, 0.29) is 18.3 Å². The Bertz CT molecular complexity index is 973. The molecule has 35 heavy (non-hydrogen) atoms. The number of hydrogen-bond acceptors (Lipinski definition) is 8. The number of carbonyl (C=O) groups excluding carboxylic acids is 3. The molecule has 5 rings (SSSR count). The number of rotatable bonds is 8. The second-order valence-corrected chi connectivity index (χ2v) is 12.8. The topological polar surface area (TPSA) is 133 Å². The highest BCUT2D eigenvalue weighted by Gasteiger charge is 2.64. The summed E-state index contributed by atoms with van der Waals surface area (Å²) >= 11 is 0. The number of carbonyl (C=O) groups is 3. The molecular weight excluding hydrogens is 490 g/mol. The summed E-state index contributed by atoms with van der Waals surface area (Å²) < 4.78 is 73.2. The summed E-state index contributed by atoms with van der Waals surface area (Å²) in [5.41, 5.74) is -2.82. The van der Waals surface area contributed by atoms with Gasteiger partial charge in [0.1, 0.15) is 5.60 Å².